The number of anilines is 1. The zero-order chi connectivity index (χ0) is 15.3. The average molecular weight is 293 g/mol. The van der Waals surface area contributed by atoms with Crippen molar-refractivity contribution in [3.8, 4) is 0 Å². The highest BCUT2D eigenvalue weighted by atomic mass is 16.7. The summed E-state index contributed by atoms with van der Waals surface area (Å²) < 4.78 is 16.4. The van der Waals surface area contributed by atoms with Gasteiger partial charge in [0.1, 0.15) is 0 Å². The number of ether oxygens (including phenoxy) is 3. The van der Waals surface area contributed by atoms with Crippen molar-refractivity contribution in [3.05, 3.63) is 29.3 Å². The molecule has 2 N–H and O–H groups in total. The van der Waals surface area contributed by atoms with Gasteiger partial charge in [0.15, 0.2) is 5.79 Å². The summed E-state index contributed by atoms with van der Waals surface area (Å²) in [6.07, 6.45) is 3.47. The Kier molecular flexibility index (Phi) is 5.20. The van der Waals surface area contributed by atoms with E-state index in [-0.39, 0.29) is 0 Å². The number of nitrogens with two attached hydrogens (primary N) is 1. The largest absolute Gasteiger partial charge is 0.465 e. The van der Waals surface area contributed by atoms with Crippen molar-refractivity contribution in [2.24, 2.45) is 0 Å². The van der Waals surface area contributed by atoms with Gasteiger partial charge >= 0.3 is 5.97 Å². The Morgan fingerprint density at radius 2 is 2.10 bits per heavy atom. The number of carbonyl (C=O) groups excluding carboxylic acids is 1. The molecule has 1 aromatic carbocycles. The highest BCUT2D eigenvalue weighted by molar-refractivity contribution is 5.95. The topological polar surface area (TPSA) is 70.8 Å². The number of methoxy groups -OCH3 is 1. The number of esters is 1. The van der Waals surface area contributed by atoms with Crippen molar-refractivity contribution in [2.75, 3.05) is 26.1 Å². The number of nitrogen functional groups attached to an aromatic ring is 1. The first kappa shape index (κ1) is 15.8. The fourth-order valence-corrected chi connectivity index (χ4v) is 2.62. The zero-order valence-electron chi connectivity index (χ0n) is 12.7. The van der Waals surface area contributed by atoms with E-state index in [1.165, 1.54) is 7.11 Å². The fraction of sp³-hybridized carbons (Fsp3) is 0.562. The second kappa shape index (κ2) is 6.91. The summed E-state index contributed by atoms with van der Waals surface area (Å²) in [5.41, 5.74) is 7.80. The third-order valence-electron chi connectivity index (χ3n) is 3.79. The minimum absolute atomic E-state index is 0.388. The predicted octanol–water partition coefficient (Wildman–Crippen LogP) is 2.53. The third kappa shape index (κ3) is 3.54. The molecule has 5 heteroatoms. The minimum atomic E-state index is -0.612. The van der Waals surface area contributed by atoms with Gasteiger partial charge in [0.25, 0.3) is 0 Å². The van der Waals surface area contributed by atoms with E-state index in [1.54, 1.807) is 12.1 Å². The van der Waals surface area contributed by atoms with Gasteiger partial charge in [-0.1, -0.05) is 25.5 Å². The van der Waals surface area contributed by atoms with Crippen molar-refractivity contribution >= 4 is 11.7 Å². The molecule has 1 aliphatic rings. The van der Waals surface area contributed by atoms with Crippen molar-refractivity contribution in [3.63, 3.8) is 0 Å². The van der Waals surface area contributed by atoms with Gasteiger partial charge in [-0.25, -0.2) is 4.79 Å². The van der Waals surface area contributed by atoms with Crippen molar-refractivity contribution in [1.82, 2.24) is 0 Å². The molecule has 0 radical (unpaired) electrons. The number of hydrogen-bond acceptors (Lipinski definition) is 5. The number of hydrogen-bond donors (Lipinski definition) is 1. The van der Waals surface area contributed by atoms with E-state index in [0.29, 0.717) is 30.9 Å². The maximum absolute atomic E-state index is 11.7. The quantitative estimate of drug-likeness (QED) is 0.644. The monoisotopic (exact) mass is 293 g/mol. The van der Waals surface area contributed by atoms with Crippen LogP contribution in [0.2, 0.25) is 0 Å². The second-order valence-corrected chi connectivity index (χ2v) is 5.26. The van der Waals surface area contributed by atoms with Gasteiger partial charge in [-0.2, -0.15) is 0 Å². The number of rotatable bonds is 6. The van der Waals surface area contributed by atoms with E-state index in [0.717, 1.165) is 24.8 Å². The van der Waals surface area contributed by atoms with Crippen LogP contribution in [0.25, 0.3) is 0 Å². The first-order chi connectivity index (χ1) is 10.1. The van der Waals surface area contributed by atoms with Gasteiger partial charge in [-0.05, 0) is 18.1 Å². The summed E-state index contributed by atoms with van der Waals surface area (Å²) in [4.78, 5) is 11.7. The Morgan fingerprint density at radius 3 is 2.71 bits per heavy atom. The van der Waals surface area contributed by atoms with Crippen LogP contribution in [0.1, 0.15) is 42.1 Å². The van der Waals surface area contributed by atoms with Crippen LogP contribution in [0.3, 0.4) is 0 Å². The molecular formula is C16H23NO4. The van der Waals surface area contributed by atoms with Crippen LogP contribution in [0.15, 0.2) is 18.2 Å². The zero-order valence-corrected chi connectivity index (χ0v) is 12.7. The Hall–Kier alpha value is -1.59. The SMILES string of the molecule is CCCCC1(Cc2cccc(C(=O)OC)c2N)OCCO1. The smallest absolute Gasteiger partial charge is 0.339 e. The van der Waals surface area contributed by atoms with Crippen LogP contribution >= 0.6 is 0 Å². The number of unbranched alkanes of at least 4 members (excludes halogenated alkanes) is 1. The Labute approximate surface area is 125 Å². The van der Waals surface area contributed by atoms with Crippen LogP contribution in [0, 0.1) is 0 Å². The third-order valence-corrected chi connectivity index (χ3v) is 3.79. The van der Waals surface area contributed by atoms with Gasteiger partial charge in [0, 0.05) is 18.5 Å². The van der Waals surface area contributed by atoms with Crippen LogP contribution < -0.4 is 5.73 Å². The molecule has 0 spiro atoms. The molecule has 1 aliphatic heterocycles. The molecule has 1 fully saturated rings. The Balaban J connectivity index is 2.23. The van der Waals surface area contributed by atoms with Crippen molar-refractivity contribution in [2.45, 2.75) is 38.4 Å². The Morgan fingerprint density at radius 1 is 1.38 bits per heavy atom. The van der Waals surface area contributed by atoms with Crippen LogP contribution in [0.4, 0.5) is 5.69 Å². The molecule has 1 heterocycles. The average Bonchev–Trinajstić information content (AvgIpc) is 2.95. The first-order valence-corrected chi connectivity index (χ1v) is 7.35. The molecule has 0 bridgehead atoms. The summed E-state index contributed by atoms with van der Waals surface area (Å²) in [6, 6.07) is 5.38. The van der Waals surface area contributed by atoms with Gasteiger partial charge in [-0.15, -0.1) is 0 Å². The molecule has 0 amide bonds. The molecule has 0 unspecified atom stereocenters. The number of benzene rings is 1. The van der Waals surface area contributed by atoms with E-state index in [1.807, 2.05) is 6.07 Å². The summed E-state index contributed by atoms with van der Waals surface area (Å²) in [6.45, 7) is 3.33. The highest BCUT2D eigenvalue weighted by Crippen LogP contribution is 2.32. The fourth-order valence-electron chi connectivity index (χ4n) is 2.62. The highest BCUT2D eigenvalue weighted by Gasteiger charge is 2.36. The van der Waals surface area contributed by atoms with Crippen LogP contribution in [-0.4, -0.2) is 32.1 Å². The molecule has 0 saturated carbocycles. The van der Waals surface area contributed by atoms with E-state index >= 15 is 0 Å². The van der Waals surface area contributed by atoms with Gasteiger partial charge in [-0.3, -0.25) is 0 Å². The maximum atomic E-state index is 11.7. The second-order valence-electron chi connectivity index (χ2n) is 5.26. The molecule has 1 saturated heterocycles. The van der Waals surface area contributed by atoms with Gasteiger partial charge in [0.2, 0.25) is 0 Å². The molecule has 0 atom stereocenters. The van der Waals surface area contributed by atoms with E-state index < -0.39 is 11.8 Å². The van der Waals surface area contributed by atoms with Gasteiger partial charge < -0.3 is 19.9 Å². The van der Waals surface area contributed by atoms with Gasteiger partial charge in [0.05, 0.1) is 25.9 Å². The molecule has 116 valence electrons. The summed E-state index contributed by atoms with van der Waals surface area (Å²) in [5.74, 6) is -1.04. The van der Waals surface area contributed by atoms with Crippen molar-refractivity contribution < 1.29 is 19.0 Å². The summed E-state index contributed by atoms with van der Waals surface area (Å²) in [7, 11) is 1.35. The molecule has 0 aliphatic carbocycles. The molecule has 1 aromatic rings. The lowest BCUT2D eigenvalue weighted by Gasteiger charge is -2.28. The lowest BCUT2D eigenvalue weighted by molar-refractivity contribution is -0.161. The normalized spacial score (nSPS) is 16.9. The summed E-state index contributed by atoms with van der Waals surface area (Å²) >= 11 is 0. The van der Waals surface area contributed by atoms with Crippen LogP contribution in [0.5, 0.6) is 0 Å². The Bertz CT molecular complexity index is 495. The number of para-hydroxylation sites is 1. The van der Waals surface area contributed by atoms with E-state index in [9.17, 15) is 4.79 Å². The molecule has 5 nitrogen and oxygen atoms in total. The lowest BCUT2D eigenvalue weighted by atomic mass is 9.96. The minimum Gasteiger partial charge on any atom is -0.465 e. The van der Waals surface area contributed by atoms with E-state index in [4.69, 9.17) is 19.9 Å². The van der Waals surface area contributed by atoms with Crippen molar-refractivity contribution in [1.29, 1.82) is 0 Å². The first-order valence-electron chi connectivity index (χ1n) is 7.35. The molecular weight excluding hydrogens is 270 g/mol. The standard InChI is InChI=1S/C16H23NO4/c1-3-4-8-16(20-9-10-21-16)11-12-6-5-7-13(14(12)17)15(18)19-2/h5-7H,3-4,8-11,17H2,1-2H3. The molecule has 21 heavy (non-hydrogen) atoms. The van der Waals surface area contributed by atoms with Crippen LogP contribution in [-0.2, 0) is 20.6 Å². The maximum Gasteiger partial charge on any atom is 0.339 e. The molecule has 2 rings (SSSR count). The molecule has 0 aromatic heterocycles. The lowest BCUT2D eigenvalue weighted by Crippen LogP contribution is -2.33. The number of carbonyl (C=O) groups is 1. The summed E-state index contributed by atoms with van der Waals surface area (Å²) in [5, 5.41) is 0. The van der Waals surface area contributed by atoms with E-state index in [2.05, 4.69) is 6.92 Å². The predicted molar refractivity (Wildman–Crippen MR) is 80.1 cm³/mol.